The van der Waals surface area contributed by atoms with Crippen molar-refractivity contribution in [3.63, 3.8) is 0 Å². The van der Waals surface area contributed by atoms with E-state index in [2.05, 4.69) is 0 Å². The Labute approximate surface area is 124 Å². The van der Waals surface area contributed by atoms with E-state index in [9.17, 15) is 9.90 Å². The topological polar surface area (TPSA) is 49.8 Å². The molecule has 5 heteroatoms. The van der Waals surface area contributed by atoms with Crippen LogP contribution < -0.4 is 0 Å². The van der Waals surface area contributed by atoms with Gasteiger partial charge in [0.15, 0.2) is 0 Å². The normalized spacial score (nSPS) is 16.4. The molecular weight excluding hydrogens is 278 g/mol. The average Bonchev–Trinajstić information content (AvgIpc) is 2.48. The molecule has 0 bridgehead atoms. The maximum atomic E-state index is 12.4. The summed E-state index contributed by atoms with van der Waals surface area (Å²) in [6.45, 7) is 3.69. The number of ether oxygens (including phenoxy) is 1. The lowest BCUT2D eigenvalue weighted by atomic mass is 10.0. The number of alkyl halides is 1. The molecule has 1 fully saturated rings. The number of halogens is 1. The van der Waals surface area contributed by atoms with Crippen LogP contribution in [0.2, 0.25) is 0 Å². The van der Waals surface area contributed by atoms with Gasteiger partial charge in [0.05, 0.1) is 12.7 Å². The number of likely N-dealkylation sites (tertiary alicyclic amines) is 1. The summed E-state index contributed by atoms with van der Waals surface area (Å²) >= 11 is 5.60. The molecule has 1 amide bonds. The first kappa shape index (κ1) is 15.1. The molecular formula is C15H20ClNO3. The number of benzene rings is 1. The summed E-state index contributed by atoms with van der Waals surface area (Å²) in [4.78, 5) is 14.3. The lowest BCUT2D eigenvalue weighted by Gasteiger charge is -2.32. The van der Waals surface area contributed by atoms with Gasteiger partial charge in [0.1, 0.15) is 5.75 Å². The third-order valence-corrected chi connectivity index (χ3v) is 3.85. The van der Waals surface area contributed by atoms with Crippen LogP contribution in [0.4, 0.5) is 0 Å². The van der Waals surface area contributed by atoms with Gasteiger partial charge < -0.3 is 14.7 Å². The first-order valence-electron chi connectivity index (χ1n) is 6.89. The molecule has 0 aliphatic carbocycles. The van der Waals surface area contributed by atoms with E-state index in [0.717, 1.165) is 12.8 Å². The number of carbonyl (C=O) groups is 1. The fourth-order valence-electron chi connectivity index (χ4n) is 2.46. The van der Waals surface area contributed by atoms with Gasteiger partial charge in [0.2, 0.25) is 0 Å². The Morgan fingerprint density at radius 3 is 2.80 bits per heavy atom. The highest BCUT2D eigenvalue weighted by Gasteiger charge is 2.25. The zero-order valence-electron chi connectivity index (χ0n) is 11.6. The quantitative estimate of drug-likeness (QED) is 0.869. The van der Waals surface area contributed by atoms with Gasteiger partial charge >= 0.3 is 0 Å². The van der Waals surface area contributed by atoms with Gasteiger partial charge in [-0.1, -0.05) is 6.07 Å². The summed E-state index contributed by atoms with van der Waals surface area (Å²) in [7, 11) is 0. The molecule has 1 N–H and O–H groups in total. The second-order valence-electron chi connectivity index (χ2n) is 5.00. The lowest BCUT2D eigenvalue weighted by Crippen LogP contribution is -2.41. The van der Waals surface area contributed by atoms with Gasteiger partial charge in [-0.2, -0.15) is 0 Å². The average molecular weight is 298 g/mol. The third kappa shape index (κ3) is 3.44. The largest absolute Gasteiger partial charge is 0.508 e. The molecule has 0 radical (unpaired) electrons. The Bertz CT molecular complexity index is 470. The van der Waals surface area contributed by atoms with Gasteiger partial charge in [0.25, 0.3) is 5.91 Å². The number of hydrogen-bond donors (Lipinski definition) is 1. The van der Waals surface area contributed by atoms with E-state index in [-0.39, 0.29) is 17.8 Å². The first-order chi connectivity index (χ1) is 9.63. The van der Waals surface area contributed by atoms with Crippen LogP contribution >= 0.6 is 11.6 Å². The summed E-state index contributed by atoms with van der Waals surface area (Å²) in [6.07, 6.45) is 1.86. The Hall–Kier alpha value is -1.26. The second-order valence-corrected chi connectivity index (χ2v) is 5.38. The number of phenols is 1. The van der Waals surface area contributed by atoms with Crippen LogP contribution in [0.3, 0.4) is 0 Å². The van der Waals surface area contributed by atoms with Crippen molar-refractivity contribution in [2.75, 3.05) is 25.6 Å². The van der Waals surface area contributed by atoms with Crippen molar-refractivity contribution in [1.29, 1.82) is 0 Å². The van der Waals surface area contributed by atoms with E-state index >= 15 is 0 Å². The number of phenolic OH excluding ortho intramolecular Hbond substituents is 1. The van der Waals surface area contributed by atoms with Crippen molar-refractivity contribution in [3.8, 4) is 5.75 Å². The van der Waals surface area contributed by atoms with Crippen molar-refractivity contribution >= 4 is 17.5 Å². The Morgan fingerprint density at radius 2 is 2.15 bits per heavy atom. The number of rotatable bonds is 4. The zero-order chi connectivity index (χ0) is 14.5. The van der Waals surface area contributed by atoms with Crippen molar-refractivity contribution in [2.45, 2.75) is 25.9 Å². The van der Waals surface area contributed by atoms with Crippen LogP contribution in [0.1, 0.15) is 28.8 Å². The van der Waals surface area contributed by atoms with Crippen LogP contribution in [-0.4, -0.2) is 47.6 Å². The van der Waals surface area contributed by atoms with Gasteiger partial charge in [-0.05, 0) is 31.9 Å². The minimum atomic E-state index is -0.0193. The monoisotopic (exact) mass is 297 g/mol. The Balaban J connectivity index is 1.96. The summed E-state index contributed by atoms with van der Waals surface area (Å²) in [6, 6.07) is 5.05. The zero-order valence-corrected chi connectivity index (χ0v) is 12.4. The van der Waals surface area contributed by atoms with E-state index in [1.807, 2.05) is 4.90 Å². The van der Waals surface area contributed by atoms with Crippen LogP contribution in [0.15, 0.2) is 18.2 Å². The fraction of sp³-hybridized carbons (Fsp3) is 0.533. The van der Waals surface area contributed by atoms with E-state index in [1.165, 1.54) is 0 Å². The minimum Gasteiger partial charge on any atom is -0.508 e. The van der Waals surface area contributed by atoms with Crippen molar-refractivity contribution in [2.24, 2.45) is 0 Å². The van der Waals surface area contributed by atoms with Gasteiger partial charge in [-0.15, -0.1) is 11.6 Å². The number of amides is 1. The third-order valence-electron chi connectivity index (χ3n) is 3.70. The van der Waals surface area contributed by atoms with E-state index in [4.69, 9.17) is 16.3 Å². The number of hydrogen-bond acceptors (Lipinski definition) is 3. The molecule has 0 saturated carbocycles. The van der Waals surface area contributed by atoms with Crippen molar-refractivity contribution in [1.82, 2.24) is 4.90 Å². The summed E-state index contributed by atoms with van der Waals surface area (Å²) in [5, 5.41) is 9.68. The fourth-order valence-corrected chi connectivity index (χ4v) is 2.55. The second kappa shape index (κ2) is 6.95. The number of aromatic hydroxyl groups is 1. The summed E-state index contributed by atoms with van der Waals surface area (Å²) in [5.41, 5.74) is 1.21. The standard InChI is InChI=1S/C15H20ClNO3/c1-11-13(3-2-4-14(11)18)15(19)17-8-5-12(6-9-17)20-10-7-16/h2-4,12,18H,5-10H2,1H3. The van der Waals surface area contributed by atoms with Crippen LogP contribution in [0, 0.1) is 6.92 Å². The molecule has 0 spiro atoms. The van der Waals surface area contributed by atoms with Crippen molar-refractivity contribution in [3.05, 3.63) is 29.3 Å². The molecule has 110 valence electrons. The molecule has 20 heavy (non-hydrogen) atoms. The molecule has 0 aromatic heterocycles. The van der Waals surface area contributed by atoms with E-state index in [0.29, 0.717) is 36.7 Å². The number of nitrogens with zero attached hydrogens (tertiary/aromatic N) is 1. The highest BCUT2D eigenvalue weighted by Crippen LogP contribution is 2.23. The Morgan fingerprint density at radius 1 is 1.45 bits per heavy atom. The molecule has 1 saturated heterocycles. The first-order valence-corrected chi connectivity index (χ1v) is 7.42. The molecule has 1 aliphatic rings. The predicted octanol–water partition coefficient (Wildman–Crippen LogP) is 2.56. The maximum Gasteiger partial charge on any atom is 0.254 e. The van der Waals surface area contributed by atoms with Crippen LogP contribution in [0.5, 0.6) is 5.75 Å². The number of piperidine rings is 1. The molecule has 1 aromatic carbocycles. The minimum absolute atomic E-state index is 0.0193. The lowest BCUT2D eigenvalue weighted by molar-refractivity contribution is 0.0154. The molecule has 2 rings (SSSR count). The predicted molar refractivity (Wildman–Crippen MR) is 78.4 cm³/mol. The Kier molecular flexibility index (Phi) is 5.26. The van der Waals surface area contributed by atoms with E-state index < -0.39 is 0 Å². The molecule has 1 heterocycles. The van der Waals surface area contributed by atoms with Crippen LogP contribution in [-0.2, 0) is 4.74 Å². The molecule has 4 nitrogen and oxygen atoms in total. The maximum absolute atomic E-state index is 12.4. The van der Waals surface area contributed by atoms with Gasteiger partial charge in [-0.3, -0.25) is 4.79 Å². The molecule has 0 unspecified atom stereocenters. The van der Waals surface area contributed by atoms with E-state index in [1.54, 1.807) is 25.1 Å². The highest BCUT2D eigenvalue weighted by molar-refractivity contribution is 6.17. The summed E-state index contributed by atoms with van der Waals surface area (Å²) in [5.74, 6) is 0.645. The SMILES string of the molecule is Cc1c(O)cccc1C(=O)N1CCC(OCCCl)CC1. The molecule has 0 atom stereocenters. The van der Waals surface area contributed by atoms with Gasteiger partial charge in [-0.25, -0.2) is 0 Å². The summed E-state index contributed by atoms with van der Waals surface area (Å²) < 4.78 is 5.60. The van der Waals surface area contributed by atoms with Crippen molar-refractivity contribution < 1.29 is 14.6 Å². The molecule has 1 aliphatic heterocycles. The molecule has 1 aromatic rings. The number of carbonyl (C=O) groups excluding carboxylic acids is 1. The highest BCUT2D eigenvalue weighted by atomic mass is 35.5. The van der Waals surface area contributed by atoms with Crippen LogP contribution in [0.25, 0.3) is 0 Å². The smallest absolute Gasteiger partial charge is 0.254 e. The van der Waals surface area contributed by atoms with Gasteiger partial charge in [0, 0.05) is 30.1 Å².